The summed E-state index contributed by atoms with van der Waals surface area (Å²) in [4.78, 5) is 0. The summed E-state index contributed by atoms with van der Waals surface area (Å²) in [6.45, 7) is 2.72. The fraction of sp³-hybridized carbons (Fsp3) is 0.400. The normalized spacial score (nSPS) is 8.54. The molecule has 0 spiro atoms. The number of aliphatic hydroxyl groups is 2. The predicted octanol–water partition coefficient (Wildman–Crippen LogP) is 1.09. The van der Waals surface area contributed by atoms with Crippen LogP contribution in [-0.4, -0.2) is 30.0 Å². The minimum atomic E-state index is 0.175. The summed E-state index contributed by atoms with van der Waals surface area (Å²) in [6.07, 6.45) is 0. The number of nitrogens with one attached hydrogen (secondary N) is 1. The van der Waals surface area contributed by atoms with Gasteiger partial charge in [-0.25, -0.2) is 0 Å². The molecule has 0 aliphatic rings. The molecular formula is C10H17NO2. The van der Waals surface area contributed by atoms with Gasteiger partial charge < -0.3 is 15.5 Å². The summed E-state index contributed by atoms with van der Waals surface area (Å²) in [7, 11) is 0. The minimum absolute atomic E-state index is 0.175. The van der Waals surface area contributed by atoms with Crippen molar-refractivity contribution < 1.29 is 10.2 Å². The molecule has 0 saturated carbocycles. The number of para-hydroxylation sites is 1. The molecule has 1 aromatic rings. The van der Waals surface area contributed by atoms with Crippen molar-refractivity contribution in [1.82, 2.24) is 0 Å². The number of rotatable bonds is 3. The molecule has 0 heterocycles. The second kappa shape index (κ2) is 9.03. The molecule has 13 heavy (non-hydrogen) atoms. The van der Waals surface area contributed by atoms with Gasteiger partial charge in [0.2, 0.25) is 0 Å². The maximum absolute atomic E-state index is 8.47. The van der Waals surface area contributed by atoms with Gasteiger partial charge in [0.25, 0.3) is 0 Å². The summed E-state index contributed by atoms with van der Waals surface area (Å²) in [5, 5.41) is 19.1. The Morgan fingerprint density at radius 1 is 1.15 bits per heavy atom. The summed E-state index contributed by atoms with van der Waals surface area (Å²) >= 11 is 0. The van der Waals surface area contributed by atoms with Crippen molar-refractivity contribution in [2.75, 3.05) is 25.1 Å². The fourth-order valence-corrected chi connectivity index (χ4v) is 0.756. The van der Waals surface area contributed by atoms with Gasteiger partial charge in [-0.05, 0) is 19.1 Å². The van der Waals surface area contributed by atoms with Crippen LogP contribution in [0, 0.1) is 0 Å². The molecule has 0 aliphatic carbocycles. The molecule has 0 atom stereocenters. The van der Waals surface area contributed by atoms with Crippen LogP contribution in [0.1, 0.15) is 6.92 Å². The van der Waals surface area contributed by atoms with Crippen LogP contribution >= 0.6 is 0 Å². The van der Waals surface area contributed by atoms with Crippen molar-refractivity contribution >= 4 is 5.69 Å². The van der Waals surface area contributed by atoms with Crippen LogP contribution in [0.2, 0.25) is 0 Å². The topological polar surface area (TPSA) is 52.5 Å². The molecule has 3 heteroatoms. The van der Waals surface area contributed by atoms with E-state index in [0.717, 1.165) is 5.69 Å². The zero-order valence-corrected chi connectivity index (χ0v) is 7.90. The Bertz CT molecular complexity index is 189. The molecule has 1 rings (SSSR count). The minimum Gasteiger partial charge on any atom is -0.397 e. The molecular weight excluding hydrogens is 166 g/mol. The zero-order chi connectivity index (χ0) is 9.94. The van der Waals surface area contributed by atoms with Crippen molar-refractivity contribution in [1.29, 1.82) is 0 Å². The van der Waals surface area contributed by atoms with Crippen molar-refractivity contribution in [2.45, 2.75) is 6.92 Å². The monoisotopic (exact) mass is 183 g/mol. The molecule has 0 saturated heterocycles. The summed E-state index contributed by atoms with van der Waals surface area (Å²) in [5.74, 6) is 0. The van der Waals surface area contributed by atoms with Crippen molar-refractivity contribution in [3.05, 3.63) is 30.3 Å². The first kappa shape index (κ1) is 11.9. The Kier molecular flexibility index (Phi) is 8.30. The summed E-state index contributed by atoms with van der Waals surface area (Å²) in [6, 6.07) is 9.81. The van der Waals surface area contributed by atoms with Crippen LogP contribution in [0.25, 0.3) is 0 Å². The third kappa shape index (κ3) is 7.31. The first-order valence-corrected chi connectivity index (χ1v) is 4.35. The fourth-order valence-electron chi connectivity index (χ4n) is 0.756. The highest BCUT2D eigenvalue weighted by molar-refractivity contribution is 5.42. The second-order valence-corrected chi connectivity index (χ2v) is 2.33. The highest BCUT2D eigenvalue weighted by Gasteiger charge is 1.84. The lowest BCUT2D eigenvalue weighted by Gasteiger charge is -2.01. The van der Waals surface area contributed by atoms with Gasteiger partial charge >= 0.3 is 0 Å². The first-order chi connectivity index (χ1) is 6.35. The van der Waals surface area contributed by atoms with E-state index in [-0.39, 0.29) is 13.2 Å². The first-order valence-electron chi connectivity index (χ1n) is 4.35. The van der Waals surface area contributed by atoms with E-state index >= 15 is 0 Å². The number of benzene rings is 1. The smallest absolute Gasteiger partial charge is 0.0604 e. The van der Waals surface area contributed by atoms with Crippen LogP contribution in [0.5, 0.6) is 0 Å². The van der Waals surface area contributed by atoms with Crippen molar-refractivity contribution in [3.63, 3.8) is 0 Å². The number of aliphatic hydroxyl groups excluding tert-OH is 2. The Morgan fingerprint density at radius 3 is 2.15 bits per heavy atom. The van der Waals surface area contributed by atoms with Crippen LogP contribution in [0.3, 0.4) is 0 Å². The Labute approximate surface area is 79.0 Å². The third-order valence-electron chi connectivity index (χ3n) is 1.21. The standard InChI is InChI=1S/C8H11NO.C2H6O/c10-7-6-9-8-4-2-1-3-5-8;1-2-3/h1-5,9-10H,6-7H2;3H,2H2,1H3. The average Bonchev–Trinajstić information content (AvgIpc) is 2.18. The Hall–Kier alpha value is -1.06. The van der Waals surface area contributed by atoms with Gasteiger partial charge in [0, 0.05) is 18.8 Å². The summed E-state index contributed by atoms with van der Waals surface area (Å²) in [5.41, 5.74) is 1.05. The zero-order valence-electron chi connectivity index (χ0n) is 7.90. The quantitative estimate of drug-likeness (QED) is 0.657. The number of anilines is 1. The Balaban J connectivity index is 0.000000424. The maximum Gasteiger partial charge on any atom is 0.0604 e. The lowest BCUT2D eigenvalue weighted by Crippen LogP contribution is -2.04. The molecule has 0 aliphatic heterocycles. The van der Waals surface area contributed by atoms with Crippen LogP contribution < -0.4 is 5.32 Å². The Morgan fingerprint density at radius 2 is 1.69 bits per heavy atom. The molecule has 0 amide bonds. The van der Waals surface area contributed by atoms with Gasteiger partial charge in [-0.3, -0.25) is 0 Å². The molecule has 3 nitrogen and oxygen atoms in total. The van der Waals surface area contributed by atoms with E-state index < -0.39 is 0 Å². The molecule has 0 bridgehead atoms. The van der Waals surface area contributed by atoms with E-state index in [9.17, 15) is 0 Å². The molecule has 0 unspecified atom stereocenters. The SMILES string of the molecule is CCO.OCCNc1ccccc1. The second-order valence-electron chi connectivity index (χ2n) is 2.33. The van der Waals surface area contributed by atoms with Gasteiger partial charge in [0.1, 0.15) is 0 Å². The third-order valence-corrected chi connectivity index (χ3v) is 1.21. The molecule has 74 valence electrons. The molecule has 0 aromatic heterocycles. The average molecular weight is 183 g/mol. The lowest BCUT2D eigenvalue weighted by molar-refractivity contribution is 0.311. The number of hydrogen-bond donors (Lipinski definition) is 3. The largest absolute Gasteiger partial charge is 0.397 e. The van der Waals surface area contributed by atoms with Crippen molar-refractivity contribution in [3.8, 4) is 0 Å². The van der Waals surface area contributed by atoms with E-state index in [2.05, 4.69) is 5.32 Å². The summed E-state index contributed by atoms with van der Waals surface area (Å²) < 4.78 is 0. The van der Waals surface area contributed by atoms with Crippen LogP contribution in [-0.2, 0) is 0 Å². The van der Waals surface area contributed by atoms with E-state index in [4.69, 9.17) is 10.2 Å². The van der Waals surface area contributed by atoms with Gasteiger partial charge in [-0.15, -0.1) is 0 Å². The van der Waals surface area contributed by atoms with Gasteiger partial charge in [0.05, 0.1) is 6.61 Å². The van der Waals surface area contributed by atoms with Crippen molar-refractivity contribution in [2.24, 2.45) is 0 Å². The van der Waals surface area contributed by atoms with E-state index in [0.29, 0.717) is 6.54 Å². The highest BCUT2D eigenvalue weighted by atomic mass is 16.3. The predicted molar refractivity (Wildman–Crippen MR) is 54.8 cm³/mol. The van der Waals surface area contributed by atoms with Crippen LogP contribution in [0.4, 0.5) is 5.69 Å². The van der Waals surface area contributed by atoms with E-state index in [1.165, 1.54) is 0 Å². The molecule has 3 N–H and O–H groups in total. The van der Waals surface area contributed by atoms with E-state index in [1.54, 1.807) is 6.92 Å². The molecule has 0 radical (unpaired) electrons. The lowest BCUT2D eigenvalue weighted by atomic mass is 10.3. The molecule has 1 aromatic carbocycles. The van der Waals surface area contributed by atoms with Gasteiger partial charge in [0.15, 0.2) is 0 Å². The van der Waals surface area contributed by atoms with Gasteiger partial charge in [-0.2, -0.15) is 0 Å². The number of hydrogen-bond acceptors (Lipinski definition) is 3. The van der Waals surface area contributed by atoms with E-state index in [1.807, 2.05) is 30.3 Å². The highest BCUT2D eigenvalue weighted by Crippen LogP contribution is 2.02. The van der Waals surface area contributed by atoms with Gasteiger partial charge in [-0.1, -0.05) is 18.2 Å². The maximum atomic E-state index is 8.47. The van der Waals surface area contributed by atoms with Crippen LogP contribution in [0.15, 0.2) is 30.3 Å². The molecule has 0 fully saturated rings.